The van der Waals surface area contributed by atoms with Crippen LogP contribution in [0.1, 0.15) is 36.2 Å². The third-order valence-electron chi connectivity index (χ3n) is 5.77. The van der Waals surface area contributed by atoms with Crippen LogP contribution >= 0.6 is 0 Å². The van der Waals surface area contributed by atoms with Crippen molar-refractivity contribution >= 4 is 21.5 Å². The van der Waals surface area contributed by atoms with Gasteiger partial charge in [-0.2, -0.15) is 4.36 Å². The summed E-state index contributed by atoms with van der Waals surface area (Å²) in [7, 11) is -0.919. The summed E-state index contributed by atoms with van der Waals surface area (Å²) in [5, 5.41) is 0. The fraction of sp³-hybridized carbons (Fsp3) is 0.667. The van der Waals surface area contributed by atoms with E-state index in [0.717, 1.165) is 0 Å². The lowest BCUT2D eigenvalue weighted by Gasteiger charge is -2.45. The number of carbonyl (C=O) groups excluding carboxylic acids is 2. The fourth-order valence-corrected chi connectivity index (χ4v) is 5.97. The van der Waals surface area contributed by atoms with Crippen molar-refractivity contribution in [1.82, 2.24) is 9.47 Å². The zero-order chi connectivity index (χ0) is 19.3. The maximum absolute atomic E-state index is 13.8. The first kappa shape index (κ1) is 18.6. The number of carbonyl (C=O) groups is 2. The van der Waals surface area contributed by atoms with Gasteiger partial charge >= 0.3 is 0 Å². The van der Waals surface area contributed by atoms with E-state index in [1.54, 1.807) is 15.5 Å². The Balaban J connectivity index is 1.45. The van der Waals surface area contributed by atoms with Crippen molar-refractivity contribution < 1.29 is 22.9 Å². The van der Waals surface area contributed by atoms with E-state index in [1.165, 1.54) is 0 Å². The highest BCUT2D eigenvalue weighted by molar-refractivity contribution is 7.93. The van der Waals surface area contributed by atoms with Gasteiger partial charge in [0.25, 0.3) is 11.8 Å². The van der Waals surface area contributed by atoms with Crippen LogP contribution in [0.25, 0.3) is 0 Å². The number of ether oxygens (including phenoxy) is 1. The second-order valence-corrected chi connectivity index (χ2v) is 10.3. The van der Waals surface area contributed by atoms with E-state index in [0.29, 0.717) is 38.2 Å². The number of rotatable bonds is 2. The van der Waals surface area contributed by atoms with E-state index >= 15 is 0 Å². The second kappa shape index (κ2) is 6.41. The summed E-state index contributed by atoms with van der Waals surface area (Å²) in [5.41, 5.74) is -1.82. The molecule has 0 bridgehead atoms. The monoisotopic (exact) mass is 397 g/mol. The van der Waals surface area contributed by atoms with Gasteiger partial charge in [-0.15, -0.1) is 0 Å². The van der Waals surface area contributed by atoms with Crippen LogP contribution in [0.4, 0.5) is 4.39 Å². The van der Waals surface area contributed by atoms with Crippen LogP contribution in [0.15, 0.2) is 22.7 Å². The molecule has 1 saturated carbocycles. The van der Waals surface area contributed by atoms with Gasteiger partial charge in [0.2, 0.25) is 0 Å². The molecular formula is C18H24FN3O4S. The zero-order valence-corrected chi connectivity index (χ0v) is 16.2. The number of hydrogen-bond acceptors (Lipinski definition) is 4. The SMILES string of the molecule is Cn1cccc1C(=O)N1CCOC2(CCS(=O)(=NC(=O)C3(F)CC3)CC2)C1. The molecule has 27 heavy (non-hydrogen) atoms. The number of halogens is 1. The Hall–Kier alpha value is -1.74. The van der Waals surface area contributed by atoms with Gasteiger partial charge in [0, 0.05) is 31.3 Å². The number of amides is 2. The maximum atomic E-state index is 13.8. The summed E-state index contributed by atoms with van der Waals surface area (Å²) in [6.45, 7) is 1.35. The fourth-order valence-electron chi connectivity index (χ4n) is 3.73. The van der Waals surface area contributed by atoms with E-state index in [9.17, 15) is 18.2 Å². The van der Waals surface area contributed by atoms with Gasteiger partial charge < -0.3 is 14.2 Å². The van der Waals surface area contributed by atoms with Gasteiger partial charge in [0.05, 0.1) is 28.5 Å². The number of hydrogen-bond donors (Lipinski definition) is 0. The van der Waals surface area contributed by atoms with Crippen LogP contribution in [-0.2, 0) is 26.3 Å². The summed E-state index contributed by atoms with van der Waals surface area (Å²) in [4.78, 5) is 26.4. The molecule has 1 aromatic heterocycles. The molecule has 0 aromatic carbocycles. The van der Waals surface area contributed by atoms with Crippen molar-refractivity contribution in [3.8, 4) is 0 Å². The molecule has 3 heterocycles. The zero-order valence-electron chi connectivity index (χ0n) is 15.4. The molecule has 7 nitrogen and oxygen atoms in total. The minimum Gasteiger partial charge on any atom is -0.371 e. The molecule has 2 aliphatic heterocycles. The number of aromatic nitrogens is 1. The quantitative estimate of drug-likeness (QED) is 0.758. The molecule has 0 radical (unpaired) electrons. The van der Waals surface area contributed by atoms with E-state index in [-0.39, 0.29) is 30.3 Å². The van der Waals surface area contributed by atoms with Crippen LogP contribution in [-0.4, -0.2) is 68.0 Å². The largest absolute Gasteiger partial charge is 0.371 e. The highest BCUT2D eigenvalue weighted by Crippen LogP contribution is 2.41. The van der Waals surface area contributed by atoms with Gasteiger partial charge in [0.15, 0.2) is 5.67 Å². The van der Waals surface area contributed by atoms with E-state index in [4.69, 9.17) is 4.74 Å². The predicted molar refractivity (Wildman–Crippen MR) is 97.6 cm³/mol. The van der Waals surface area contributed by atoms with Crippen molar-refractivity contribution in [2.75, 3.05) is 31.2 Å². The third-order valence-corrected chi connectivity index (χ3v) is 7.96. The summed E-state index contributed by atoms with van der Waals surface area (Å²) >= 11 is 0. The molecule has 0 unspecified atom stereocenters. The highest BCUT2D eigenvalue weighted by atomic mass is 32.2. The molecule has 3 aliphatic rings. The second-order valence-electron chi connectivity index (χ2n) is 7.81. The molecule has 2 amide bonds. The Bertz CT molecular complexity index is 884. The summed E-state index contributed by atoms with van der Waals surface area (Å²) in [5.74, 6) is -0.528. The van der Waals surface area contributed by atoms with E-state index in [2.05, 4.69) is 4.36 Å². The number of alkyl halides is 1. The molecule has 2 saturated heterocycles. The van der Waals surface area contributed by atoms with Gasteiger partial charge in [-0.1, -0.05) is 0 Å². The number of aryl methyl sites for hydroxylation is 1. The Kier molecular flexibility index (Phi) is 4.42. The Labute approximate surface area is 158 Å². The molecule has 0 N–H and O–H groups in total. The molecule has 1 spiro atoms. The van der Waals surface area contributed by atoms with Crippen LogP contribution in [0.2, 0.25) is 0 Å². The van der Waals surface area contributed by atoms with E-state index in [1.807, 2.05) is 19.3 Å². The molecule has 148 valence electrons. The topological polar surface area (TPSA) is 81.0 Å². The van der Waals surface area contributed by atoms with Crippen molar-refractivity contribution in [2.45, 2.75) is 37.0 Å². The Morgan fingerprint density at radius 1 is 1.26 bits per heavy atom. The molecule has 1 aliphatic carbocycles. The highest BCUT2D eigenvalue weighted by Gasteiger charge is 2.52. The molecular weight excluding hydrogens is 373 g/mol. The Morgan fingerprint density at radius 2 is 1.96 bits per heavy atom. The van der Waals surface area contributed by atoms with Crippen molar-refractivity contribution in [3.63, 3.8) is 0 Å². The maximum Gasteiger partial charge on any atom is 0.291 e. The summed E-state index contributed by atoms with van der Waals surface area (Å²) in [6, 6.07) is 3.61. The van der Waals surface area contributed by atoms with Crippen molar-refractivity contribution in [2.24, 2.45) is 11.4 Å². The Morgan fingerprint density at radius 3 is 2.56 bits per heavy atom. The van der Waals surface area contributed by atoms with Gasteiger partial charge in [-0.3, -0.25) is 9.59 Å². The van der Waals surface area contributed by atoms with E-state index < -0.39 is 26.9 Å². The minimum absolute atomic E-state index is 0.0514. The lowest BCUT2D eigenvalue weighted by atomic mass is 9.94. The average Bonchev–Trinajstić information content (AvgIpc) is 3.26. The normalized spacial score (nSPS) is 32.3. The first-order valence-corrected chi connectivity index (χ1v) is 11.1. The third kappa shape index (κ3) is 3.54. The minimum atomic E-state index is -2.75. The summed E-state index contributed by atoms with van der Waals surface area (Å²) in [6.07, 6.45) is 3.06. The standard InChI is InChI=1S/C18H24FN3O4S/c1-21-8-2-3-14(21)15(23)22-9-10-26-17(13-22)6-11-27(25,12-7-17)20-16(24)18(19)4-5-18/h2-3,8H,4-7,9-13H2,1H3. The first-order valence-electron chi connectivity index (χ1n) is 9.25. The van der Waals surface area contributed by atoms with Crippen LogP contribution in [0, 0.1) is 0 Å². The lowest BCUT2D eigenvalue weighted by Crippen LogP contribution is -2.56. The van der Waals surface area contributed by atoms with Gasteiger partial charge in [0.1, 0.15) is 5.69 Å². The molecule has 4 rings (SSSR count). The van der Waals surface area contributed by atoms with Crippen molar-refractivity contribution in [1.29, 1.82) is 0 Å². The number of morpholine rings is 1. The van der Waals surface area contributed by atoms with Crippen LogP contribution in [0.5, 0.6) is 0 Å². The first-order chi connectivity index (χ1) is 12.7. The van der Waals surface area contributed by atoms with Crippen LogP contribution in [0.3, 0.4) is 0 Å². The number of nitrogens with zero attached hydrogens (tertiary/aromatic N) is 3. The smallest absolute Gasteiger partial charge is 0.291 e. The average molecular weight is 397 g/mol. The molecule has 9 heteroatoms. The summed E-state index contributed by atoms with van der Waals surface area (Å²) < 4.78 is 38.2. The van der Waals surface area contributed by atoms with Gasteiger partial charge in [-0.25, -0.2) is 8.60 Å². The molecule has 3 fully saturated rings. The lowest BCUT2D eigenvalue weighted by molar-refractivity contribution is -0.123. The van der Waals surface area contributed by atoms with Gasteiger partial charge in [-0.05, 0) is 37.8 Å². The molecule has 1 aromatic rings. The predicted octanol–water partition coefficient (Wildman–Crippen LogP) is 1.53. The van der Waals surface area contributed by atoms with Crippen molar-refractivity contribution in [3.05, 3.63) is 24.0 Å². The van der Waals surface area contributed by atoms with Crippen LogP contribution < -0.4 is 0 Å². The molecule has 0 atom stereocenters.